The van der Waals surface area contributed by atoms with Gasteiger partial charge in [0.05, 0.1) is 0 Å². The van der Waals surface area contributed by atoms with E-state index in [0.717, 1.165) is 38.5 Å². The highest BCUT2D eigenvalue weighted by molar-refractivity contribution is 5.38. The second-order valence-electron chi connectivity index (χ2n) is 5.06. The lowest BCUT2D eigenvalue weighted by Crippen LogP contribution is -2.46. The van der Waals surface area contributed by atoms with Gasteiger partial charge in [-0.05, 0) is 24.3 Å². The summed E-state index contributed by atoms with van der Waals surface area (Å²) in [5.41, 5.74) is 1.38. The molecule has 0 bridgehead atoms. The van der Waals surface area contributed by atoms with Crippen LogP contribution in [0.2, 0.25) is 0 Å². The van der Waals surface area contributed by atoms with Gasteiger partial charge >= 0.3 is 0 Å². The zero-order chi connectivity index (χ0) is 13.1. The summed E-state index contributed by atoms with van der Waals surface area (Å²) in [6, 6.07) is 10.4. The van der Waals surface area contributed by atoms with Gasteiger partial charge in [-0.3, -0.25) is 4.90 Å². The van der Waals surface area contributed by atoms with Gasteiger partial charge in [0.2, 0.25) is 0 Å². The van der Waals surface area contributed by atoms with E-state index in [1.54, 1.807) is 0 Å². The molecule has 0 atom stereocenters. The van der Waals surface area contributed by atoms with Crippen molar-refractivity contribution in [3.63, 3.8) is 0 Å². The van der Waals surface area contributed by atoms with Crippen molar-refractivity contribution in [1.29, 1.82) is 0 Å². The number of aromatic nitrogens is 2. The summed E-state index contributed by atoms with van der Waals surface area (Å²) in [7, 11) is 2.11. The first-order chi connectivity index (χ1) is 9.33. The molecule has 1 saturated heterocycles. The molecule has 0 amide bonds. The third kappa shape index (κ3) is 2.79. The molecule has 1 aliphatic heterocycles. The Kier molecular flexibility index (Phi) is 3.51. The van der Waals surface area contributed by atoms with Gasteiger partial charge in [-0.2, -0.15) is 0 Å². The van der Waals surface area contributed by atoms with Gasteiger partial charge in [-0.1, -0.05) is 6.07 Å². The Labute approximate surface area is 114 Å². The molecular formula is C15H20N4. The normalized spacial score (nSPS) is 16.8. The molecule has 0 saturated carbocycles. The third-order valence-corrected chi connectivity index (χ3v) is 3.78. The van der Waals surface area contributed by atoms with Crippen LogP contribution in [0.3, 0.4) is 0 Å². The molecule has 0 aliphatic carbocycles. The molecule has 100 valence electrons. The minimum atomic E-state index is 1.04. The van der Waals surface area contributed by atoms with E-state index in [2.05, 4.69) is 56.9 Å². The number of hydrogen-bond donors (Lipinski definition) is 0. The number of piperazine rings is 1. The van der Waals surface area contributed by atoms with Crippen molar-refractivity contribution < 1.29 is 0 Å². The Hall–Kier alpha value is -1.81. The Morgan fingerprint density at radius 1 is 1.05 bits per heavy atom. The first-order valence-corrected chi connectivity index (χ1v) is 6.81. The van der Waals surface area contributed by atoms with Crippen LogP contribution in [0, 0.1) is 0 Å². The Bertz CT molecular complexity index is 512. The largest absolute Gasteiger partial charge is 0.354 e. The zero-order valence-corrected chi connectivity index (χ0v) is 11.4. The molecule has 0 spiro atoms. The number of rotatable bonds is 3. The maximum absolute atomic E-state index is 4.42. The highest BCUT2D eigenvalue weighted by atomic mass is 15.3. The van der Waals surface area contributed by atoms with Gasteiger partial charge in [0.1, 0.15) is 5.82 Å². The molecular weight excluding hydrogens is 236 g/mol. The van der Waals surface area contributed by atoms with Crippen molar-refractivity contribution >= 4 is 5.82 Å². The highest BCUT2D eigenvalue weighted by Crippen LogP contribution is 2.14. The smallest absolute Gasteiger partial charge is 0.128 e. The second kappa shape index (κ2) is 5.45. The van der Waals surface area contributed by atoms with Crippen molar-refractivity contribution in [3.05, 3.63) is 48.4 Å². The number of anilines is 1. The fraction of sp³-hybridized carbons (Fsp3) is 0.400. The van der Waals surface area contributed by atoms with Crippen LogP contribution >= 0.6 is 0 Å². The molecule has 0 radical (unpaired) electrons. The summed E-state index contributed by atoms with van der Waals surface area (Å²) in [4.78, 5) is 9.29. The van der Waals surface area contributed by atoms with Crippen LogP contribution in [-0.4, -0.2) is 40.6 Å². The van der Waals surface area contributed by atoms with Gasteiger partial charge < -0.3 is 9.47 Å². The van der Waals surface area contributed by atoms with Crippen LogP contribution in [0.25, 0.3) is 0 Å². The SMILES string of the molecule is Cn1cccc1CN1CCN(c2ccccn2)CC1. The van der Waals surface area contributed by atoms with Gasteiger partial charge in [0, 0.05) is 57.9 Å². The van der Waals surface area contributed by atoms with Crippen molar-refractivity contribution in [2.24, 2.45) is 7.05 Å². The summed E-state index contributed by atoms with van der Waals surface area (Å²) in [6.07, 6.45) is 3.98. The standard InChI is InChI=1S/C15H20N4/c1-17-8-4-5-14(17)13-18-9-11-19(12-10-18)15-6-2-3-7-16-15/h2-8H,9-13H2,1H3. The fourth-order valence-electron chi connectivity index (χ4n) is 2.57. The minimum absolute atomic E-state index is 1.04. The van der Waals surface area contributed by atoms with Crippen LogP contribution in [-0.2, 0) is 13.6 Å². The van der Waals surface area contributed by atoms with Crippen LogP contribution in [0.5, 0.6) is 0 Å². The molecule has 0 N–H and O–H groups in total. The molecule has 2 aromatic rings. The number of nitrogens with zero attached hydrogens (tertiary/aromatic N) is 4. The molecule has 3 rings (SSSR count). The van der Waals surface area contributed by atoms with Crippen molar-refractivity contribution in [2.75, 3.05) is 31.1 Å². The van der Waals surface area contributed by atoms with E-state index in [-0.39, 0.29) is 0 Å². The predicted octanol–water partition coefficient (Wildman–Crippen LogP) is 1.74. The zero-order valence-electron chi connectivity index (χ0n) is 11.4. The number of hydrogen-bond acceptors (Lipinski definition) is 3. The van der Waals surface area contributed by atoms with E-state index in [4.69, 9.17) is 0 Å². The topological polar surface area (TPSA) is 24.3 Å². The number of pyridine rings is 1. The molecule has 3 heterocycles. The lowest BCUT2D eigenvalue weighted by Gasteiger charge is -2.35. The van der Waals surface area contributed by atoms with E-state index in [1.807, 2.05) is 12.3 Å². The summed E-state index contributed by atoms with van der Waals surface area (Å²) in [5.74, 6) is 1.10. The van der Waals surface area contributed by atoms with Crippen LogP contribution in [0.4, 0.5) is 5.82 Å². The van der Waals surface area contributed by atoms with E-state index >= 15 is 0 Å². The quantitative estimate of drug-likeness (QED) is 0.836. The van der Waals surface area contributed by atoms with E-state index < -0.39 is 0 Å². The molecule has 4 nitrogen and oxygen atoms in total. The third-order valence-electron chi connectivity index (χ3n) is 3.78. The summed E-state index contributed by atoms with van der Waals surface area (Å²) >= 11 is 0. The fourth-order valence-corrected chi connectivity index (χ4v) is 2.57. The highest BCUT2D eigenvalue weighted by Gasteiger charge is 2.18. The molecule has 4 heteroatoms. The number of aryl methyl sites for hydroxylation is 1. The molecule has 19 heavy (non-hydrogen) atoms. The van der Waals surface area contributed by atoms with E-state index in [9.17, 15) is 0 Å². The van der Waals surface area contributed by atoms with Crippen LogP contribution < -0.4 is 4.90 Å². The Morgan fingerprint density at radius 3 is 2.53 bits per heavy atom. The van der Waals surface area contributed by atoms with Gasteiger partial charge in [-0.25, -0.2) is 4.98 Å². The summed E-state index contributed by atoms with van der Waals surface area (Å²) in [6.45, 7) is 5.35. The summed E-state index contributed by atoms with van der Waals surface area (Å²) < 4.78 is 2.20. The second-order valence-corrected chi connectivity index (χ2v) is 5.06. The molecule has 0 unspecified atom stereocenters. The summed E-state index contributed by atoms with van der Waals surface area (Å²) in [5, 5.41) is 0. The molecule has 1 fully saturated rings. The molecule has 2 aromatic heterocycles. The van der Waals surface area contributed by atoms with Gasteiger partial charge in [0.25, 0.3) is 0 Å². The Balaban J connectivity index is 1.57. The molecule has 0 aromatic carbocycles. The van der Waals surface area contributed by atoms with Gasteiger partial charge in [-0.15, -0.1) is 0 Å². The van der Waals surface area contributed by atoms with Crippen molar-refractivity contribution in [1.82, 2.24) is 14.5 Å². The van der Waals surface area contributed by atoms with Crippen LogP contribution in [0.15, 0.2) is 42.7 Å². The lowest BCUT2D eigenvalue weighted by molar-refractivity contribution is 0.244. The van der Waals surface area contributed by atoms with Crippen molar-refractivity contribution in [2.45, 2.75) is 6.54 Å². The molecule has 1 aliphatic rings. The first kappa shape index (κ1) is 12.2. The lowest BCUT2D eigenvalue weighted by atomic mass is 10.3. The Morgan fingerprint density at radius 2 is 1.89 bits per heavy atom. The first-order valence-electron chi connectivity index (χ1n) is 6.81. The minimum Gasteiger partial charge on any atom is -0.354 e. The van der Waals surface area contributed by atoms with E-state index in [1.165, 1.54) is 5.69 Å². The van der Waals surface area contributed by atoms with E-state index in [0.29, 0.717) is 0 Å². The average molecular weight is 256 g/mol. The predicted molar refractivity (Wildman–Crippen MR) is 77.1 cm³/mol. The maximum Gasteiger partial charge on any atom is 0.128 e. The van der Waals surface area contributed by atoms with Crippen LogP contribution in [0.1, 0.15) is 5.69 Å². The average Bonchev–Trinajstić information content (AvgIpc) is 2.86. The van der Waals surface area contributed by atoms with Gasteiger partial charge in [0.15, 0.2) is 0 Å². The maximum atomic E-state index is 4.42. The van der Waals surface area contributed by atoms with Crippen molar-refractivity contribution in [3.8, 4) is 0 Å². The monoisotopic (exact) mass is 256 g/mol.